The van der Waals surface area contributed by atoms with Crippen LogP contribution in [-0.4, -0.2) is 41.7 Å². The first kappa shape index (κ1) is 18.7. The predicted octanol–water partition coefficient (Wildman–Crippen LogP) is 3.01. The fourth-order valence-corrected chi connectivity index (χ4v) is 2.51. The number of aliphatic hydroxyl groups excluding tert-OH is 1. The van der Waals surface area contributed by atoms with E-state index in [1.807, 2.05) is 13.8 Å². The van der Waals surface area contributed by atoms with Crippen LogP contribution >= 0.6 is 0 Å². The molecule has 1 aliphatic rings. The highest BCUT2D eigenvalue weighted by Gasteiger charge is 2.31. The first-order valence-corrected chi connectivity index (χ1v) is 7.93. The van der Waals surface area contributed by atoms with E-state index in [0.717, 1.165) is 12.1 Å². The Morgan fingerprint density at radius 1 is 1.33 bits per heavy atom. The summed E-state index contributed by atoms with van der Waals surface area (Å²) in [4.78, 5) is 13.8. The molecule has 0 aliphatic carbocycles. The number of rotatable bonds is 4. The van der Waals surface area contributed by atoms with E-state index in [1.165, 1.54) is 12.1 Å². The van der Waals surface area contributed by atoms with Crippen molar-refractivity contribution in [3.05, 3.63) is 35.4 Å². The summed E-state index contributed by atoms with van der Waals surface area (Å²) in [7, 11) is 0. The van der Waals surface area contributed by atoms with Gasteiger partial charge in [-0.1, -0.05) is 26.0 Å². The Labute approximate surface area is 139 Å². The Kier molecular flexibility index (Phi) is 5.87. The SMILES string of the molecule is CC(C)[C@H](O)CC(=O)N1CCO[C@H](c2ccc(C(F)(F)F)cc2)C1. The van der Waals surface area contributed by atoms with Gasteiger partial charge in [-0.05, 0) is 23.6 Å². The lowest BCUT2D eigenvalue weighted by Gasteiger charge is -2.34. The molecule has 7 heteroatoms. The smallest absolute Gasteiger partial charge is 0.392 e. The van der Waals surface area contributed by atoms with E-state index in [4.69, 9.17) is 4.74 Å². The predicted molar refractivity (Wildman–Crippen MR) is 82.2 cm³/mol. The van der Waals surface area contributed by atoms with Crippen LogP contribution in [0.5, 0.6) is 0 Å². The molecule has 2 atom stereocenters. The molecule has 0 saturated carbocycles. The van der Waals surface area contributed by atoms with Crippen molar-refractivity contribution in [2.24, 2.45) is 5.92 Å². The summed E-state index contributed by atoms with van der Waals surface area (Å²) in [6.45, 7) is 4.68. The molecule has 0 bridgehead atoms. The zero-order valence-electron chi connectivity index (χ0n) is 13.7. The van der Waals surface area contributed by atoms with E-state index < -0.39 is 23.9 Å². The van der Waals surface area contributed by atoms with Gasteiger partial charge in [-0.25, -0.2) is 0 Å². The number of nitrogens with zero attached hydrogens (tertiary/aromatic N) is 1. The number of hydrogen-bond acceptors (Lipinski definition) is 3. The summed E-state index contributed by atoms with van der Waals surface area (Å²) in [6, 6.07) is 4.79. The van der Waals surface area contributed by atoms with Crippen molar-refractivity contribution in [2.75, 3.05) is 19.7 Å². The second-order valence-corrected chi connectivity index (χ2v) is 6.33. The van der Waals surface area contributed by atoms with Gasteiger partial charge in [0.2, 0.25) is 5.91 Å². The third kappa shape index (κ3) is 4.70. The number of alkyl halides is 3. The van der Waals surface area contributed by atoms with Gasteiger partial charge in [0.1, 0.15) is 6.10 Å². The Morgan fingerprint density at radius 2 is 1.96 bits per heavy atom. The number of ether oxygens (including phenoxy) is 1. The van der Waals surface area contributed by atoms with Crippen LogP contribution in [0.2, 0.25) is 0 Å². The molecule has 1 amide bonds. The van der Waals surface area contributed by atoms with E-state index in [9.17, 15) is 23.1 Å². The second kappa shape index (κ2) is 7.53. The minimum Gasteiger partial charge on any atom is -0.392 e. The highest BCUT2D eigenvalue weighted by molar-refractivity contribution is 5.76. The molecule has 1 aromatic rings. The molecule has 1 N–H and O–H groups in total. The minimum absolute atomic E-state index is 0.0132. The molecule has 4 nitrogen and oxygen atoms in total. The molecular formula is C17H22F3NO3. The van der Waals surface area contributed by atoms with Crippen LogP contribution in [0.3, 0.4) is 0 Å². The van der Waals surface area contributed by atoms with Crippen molar-refractivity contribution in [3.63, 3.8) is 0 Å². The molecule has 134 valence electrons. The molecule has 0 unspecified atom stereocenters. The number of benzene rings is 1. The summed E-state index contributed by atoms with van der Waals surface area (Å²) in [5.74, 6) is -0.183. The van der Waals surface area contributed by atoms with Crippen molar-refractivity contribution >= 4 is 5.91 Å². The van der Waals surface area contributed by atoms with Gasteiger partial charge in [-0.2, -0.15) is 13.2 Å². The van der Waals surface area contributed by atoms with Gasteiger partial charge >= 0.3 is 6.18 Å². The zero-order valence-corrected chi connectivity index (χ0v) is 13.7. The Morgan fingerprint density at radius 3 is 2.50 bits per heavy atom. The molecule has 1 fully saturated rings. The lowest BCUT2D eigenvalue weighted by molar-refractivity contribution is -0.141. The third-order valence-corrected chi connectivity index (χ3v) is 4.18. The minimum atomic E-state index is -4.37. The van der Waals surface area contributed by atoms with Crippen LogP contribution in [0.4, 0.5) is 13.2 Å². The summed E-state index contributed by atoms with van der Waals surface area (Å²) in [5, 5.41) is 9.83. The normalized spacial score (nSPS) is 20.3. The lowest BCUT2D eigenvalue weighted by atomic mass is 10.0. The van der Waals surface area contributed by atoms with Gasteiger partial charge in [0, 0.05) is 6.54 Å². The number of carbonyl (C=O) groups is 1. The Bertz CT molecular complexity index is 557. The lowest BCUT2D eigenvalue weighted by Crippen LogP contribution is -2.43. The highest BCUT2D eigenvalue weighted by atomic mass is 19.4. The molecule has 1 aromatic carbocycles. The van der Waals surface area contributed by atoms with Crippen molar-refractivity contribution in [3.8, 4) is 0 Å². The summed E-state index contributed by atoms with van der Waals surface area (Å²) < 4.78 is 43.4. The first-order chi connectivity index (χ1) is 11.2. The molecule has 1 heterocycles. The van der Waals surface area contributed by atoms with Crippen LogP contribution in [0.1, 0.15) is 37.5 Å². The van der Waals surface area contributed by atoms with Gasteiger partial charge in [0.25, 0.3) is 0 Å². The van der Waals surface area contributed by atoms with E-state index in [-0.39, 0.29) is 24.8 Å². The molecular weight excluding hydrogens is 323 g/mol. The average Bonchev–Trinajstić information content (AvgIpc) is 2.54. The van der Waals surface area contributed by atoms with Gasteiger partial charge < -0.3 is 14.7 Å². The van der Waals surface area contributed by atoms with Gasteiger partial charge in [-0.3, -0.25) is 4.79 Å². The molecule has 0 spiro atoms. The largest absolute Gasteiger partial charge is 0.416 e. The summed E-state index contributed by atoms with van der Waals surface area (Å²) in [6.07, 6.45) is -5.50. The number of aliphatic hydroxyl groups is 1. The second-order valence-electron chi connectivity index (χ2n) is 6.33. The Balaban J connectivity index is 2.01. The van der Waals surface area contributed by atoms with Gasteiger partial charge in [-0.15, -0.1) is 0 Å². The van der Waals surface area contributed by atoms with Crippen molar-refractivity contribution < 1.29 is 27.8 Å². The monoisotopic (exact) mass is 345 g/mol. The van der Waals surface area contributed by atoms with Crippen LogP contribution in [0, 0.1) is 5.92 Å². The van der Waals surface area contributed by atoms with Crippen molar-refractivity contribution in [2.45, 2.75) is 38.7 Å². The van der Waals surface area contributed by atoms with Crippen LogP contribution in [0.15, 0.2) is 24.3 Å². The number of carbonyl (C=O) groups excluding carboxylic acids is 1. The van der Waals surface area contributed by atoms with Gasteiger partial charge in [0.15, 0.2) is 0 Å². The Hall–Kier alpha value is -1.60. The maximum Gasteiger partial charge on any atom is 0.416 e. The first-order valence-electron chi connectivity index (χ1n) is 7.93. The number of hydrogen-bond donors (Lipinski definition) is 1. The van der Waals surface area contributed by atoms with E-state index in [2.05, 4.69) is 0 Å². The molecule has 1 saturated heterocycles. The average molecular weight is 345 g/mol. The maximum atomic E-state index is 12.6. The molecule has 24 heavy (non-hydrogen) atoms. The zero-order chi connectivity index (χ0) is 17.9. The maximum absolute atomic E-state index is 12.6. The fourth-order valence-electron chi connectivity index (χ4n) is 2.51. The van der Waals surface area contributed by atoms with Crippen molar-refractivity contribution in [1.29, 1.82) is 0 Å². The van der Waals surface area contributed by atoms with Crippen LogP contribution < -0.4 is 0 Å². The van der Waals surface area contributed by atoms with E-state index in [1.54, 1.807) is 4.90 Å². The summed E-state index contributed by atoms with van der Waals surface area (Å²) >= 11 is 0. The molecule has 0 aromatic heterocycles. The number of amides is 1. The quantitative estimate of drug-likeness (QED) is 0.913. The van der Waals surface area contributed by atoms with Crippen molar-refractivity contribution in [1.82, 2.24) is 4.90 Å². The molecule has 1 aliphatic heterocycles. The topological polar surface area (TPSA) is 49.8 Å². The third-order valence-electron chi connectivity index (χ3n) is 4.18. The standard InChI is InChI=1S/C17H22F3NO3/c1-11(2)14(22)9-16(23)21-7-8-24-15(10-21)12-3-5-13(6-4-12)17(18,19)20/h3-6,11,14-15,22H,7-10H2,1-2H3/t14-,15+/m1/s1. The highest BCUT2D eigenvalue weighted by Crippen LogP contribution is 2.31. The summed E-state index contributed by atoms with van der Waals surface area (Å²) in [5.41, 5.74) is -0.111. The van der Waals surface area contributed by atoms with Crippen LogP contribution in [0.25, 0.3) is 0 Å². The number of halogens is 3. The van der Waals surface area contributed by atoms with Crippen LogP contribution in [-0.2, 0) is 15.7 Å². The van der Waals surface area contributed by atoms with Gasteiger partial charge in [0.05, 0.1) is 31.2 Å². The van der Waals surface area contributed by atoms with E-state index in [0.29, 0.717) is 18.7 Å². The fraction of sp³-hybridized carbons (Fsp3) is 0.588. The number of morpholine rings is 1. The van der Waals surface area contributed by atoms with E-state index >= 15 is 0 Å². The molecule has 0 radical (unpaired) electrons. The molecule has 2 rings (SSSR count).